The second-order valence-corrected chi connectivity index (χ2v) is 4.87. The first-order valence-electron chi connectivity index (χ1n) is 7.41. The van der Waals surface area contributed by atoms with Crippen molar-refractivity contribution in [2.45, 2.75) is 52.1 Å². The third-order valence-electron chi connectivity index (χ3n) is 2.87. The number of nitrogens with zero attached hydrogens (tertiary/aromatic N) is 2. The van der Waals surface area contributed by atoms with E-state index in [0.717, 1.165) is 32.1 Å². The maximum atomic E-state index is 12.8. The van der Waals surface area contributed by atoms with Crippen molar-refractivity contribution in [3.05, 3.63) is 11.9 Å². The zero-order valence-corrected chi connectivity index (χ0v) is 12.6. The van der Waals surface area contributed by atoms with Gasteiger partial charge in [0.15, 0.2) is 0 Å². The van der Waals surface area contributed by atoms with Gasteiger partial charge in [-0.25, -0.2) is 9.97 Å². The molecular formula is C14H23F3N4. The predicted molar refractivity (Wildman–Crippen MR) is 78.4 cm³/mol. The van der Waals surface area contributed by atoms with Crippen LogP contribution in [0.5, 0.6) is 0 Å². The molecule has 0 radical (unpaired) electrons. The van der Waals surface area contributed by atoms with Crippen LogP contribution in [-0.4, -0.2) is 23.1 Å². The lowest BCUT2D eigenvalue weighted by molar-refractivity contribution is -0.144. The fourth-order valence-corrected chi connectivity index (χ4v) is 1.78. The third-order valence-corrected chi connectivity index (χ3v) is 2.87. The van der Waals surface area contributed by atoms with Crippen molar-refractivity contribution < 1.29 is 13.2 Å². The van der Waals surface area contributed by atoms with Gasteiger partial charge in [-0.1, -0.05) is 33.1 Å². The van der Waals surface area contributed by atoms with E-state index in [2.05, 4.69) is 27.5 Å². The molecule has 0 bridgehead atoms. The molecule has 0 aromatic carbocycles. The number of rotatable bonds is 9. The van der Waals surface area contributed by atoms with Gasteiger partial charge in [-0.05, 0) is 12.8 Å². The third kappa shape index (κ3) is 6.64. The molecule has 0 spiro atoms. The molecule has 0 atom stereocenters. The van der Waals surface area contributed by atoms with E-state index in [9.17, 15) is 13.2 Å². The summed E-state index contributed by atoms with van der Waals surface area (Å²) >= 11 is 0. The highest BCUT2D eigenvalue weighted by molar-refractivity contribution is 5.47. The number of aromatic nitrogens is 2. The quantitative estimate of drug-likeness (QED) is 0.667. The summed E-state index contributed by atoms with van der Waals surface area (Å²) in [6, 6.07) is 1.52. The summed E-state index contributed by atoms with van der Waals surface area (Å²) in [4.78, 5) is 7.06. The van der Waals surface area contributed by atoms with Gasteiger partial charge in [0, 0.05) is 19.2 Å². The van der Waals surface area contributed by atoms with Crippen LogP contribution < -0.4 is 10.6 Å². The first kappa shape index (κ1) is 17.5. The molecule has 0 saturated heterocycles. The molecule has 2 N–H and O–H groups in total. The average Bonchev–Trinajstić information content (AvgIpc) is 2.44. The van der Waals surface area contributed by atoms with E-state index in [1.54, 1.807) is 0 Å². The van der Waals surface area contributed by atoms with Crippen molar-refractivity contribution >= 4 is 11.6 Å². The van der Waals surface area contributed by atoms with E-state index in [-0.39, 0.29) is 11.6 Å². The molecule has 21 heavy (non-hydrogen) atoms. The monoisotopic (exact) mass is 304 g/mol. The Balaban J connectivity index is 2.72. The van der Waals surface area contributed by atoms with Gasteiger partial charge in [0.2, 0.25) is 5.82 Å². The van der Waals surface area contributed by atoms with Crippen LogP contribution in [0.15, 0.2) is 6.07 Å². The Bertz CT molecular complexity index is 421. The Morgan fingerprint density at radius 3 is 2.05 bits per heavy atom. The van der Waals surface area contributed by atoms with Crippen molar-refractivity contribution in [1.29, 1.82) is 0 Å². The molecular weight excluding hydrogens is 281 g/mol. The van der Waals surface area contributed by atoms with Gasteiger partial charge in [0.1, 0.15) is 11.6 Å². The number of hydrogen-bond acceptors (Lipinski definition) is 4. The van der Waals surface area contributed by atoms with E-state index in [1.165, 1.54) is 6.07 Å². The SMILES string of the molecule is CCCCCCNc1cc(NCCC)nc(C(F)(F)F)n1. The molecule has 0 amide bonds. The van der Waals surface area contributed by atoms with Gasteiger partial charge in [-0.2, -0.15) is 13.2 Å². The van der Waals surface area contributed by atoms with E-state index >= 15 is 0 Å². The molecule has 0 saturated carbocycles. The number of unbranched alkanes of at least 4 members (excludes halogenated alkanes) is 3. The molecule has 0 unspecified atom stereocenters. The zero-order valence-electron chi connectivity index (χ0n) is 12.6. The average molecular weight is 304 g/mol. The van der Waals surface area contributed by atoms with Crippen LogP contribution in [0.1, 0.15) is 51.8 Å². The number of alkyl halides is 3. The molecule has 0 aliphatic heterocycles. The zero-order chi connectivity index (χ0) is 15.7. The Kier molecular flexibility index (Phi) is 7.25. The Morgan fingerprint density at radius 1 is 0.905 bits per heavy atom. The highest BCUT2D eigenvalue weighted by Gasteiger charge is 2.35. The molecule has 1 aromatic heterocycles. The summed E-state index contributed by atoms with van der Waals surface area (Å²) in [5.74, 6) is -0.692. The van der Waals surface area contributed by atoms with Gasteiger partial charge in [-0.3, -0.25) is 0 Å². The molecule has 4 nitrogen and oxygen atoms in total. The number of hydrogen-bond donors (Lipinski definition) is 2. The molecule has 120 valence electrons. The van der Waals surface area contributed by atoms with Gasteiger partial charge in [0.05, 0.1) is 0 Å². The van der Waals surface area contributed by atoms with Crippen LogP contribution in [0.25, 0.3) is 0 Å². The first-order valence-corrected chi connectivity index (χ1v) is 7.41. The Hall–Kier alpha value is -1.53. The minimum absolute atomic E-state index is 0.204. The molecule has 1 aromatic rings. The standard InChI is InChI=1S/C14H23F3N4/c1-3-5-6-7-9-19-12-10-11(18-8-4-2)20-13(21-12)14(15,16)17/h10H,3-9H2,1-2H3,(H2,18,19,20,21). The van der Waals surface area contributed by atoms with Crippen molar-refractivity contribution in [1.82, 2.24) is 9.97 Å². The smallest absolute Gasteiger partial charge is 0.370 e. The highest BCUT2D eigenvalue weighted by Crippen LogP contribution is 2.28. The molecule has 1 rings (SSSR count). The van der Waals surface area contributed by atoms with Crippen molar-refractivity contribution in [3.63, 3.8) is 0 Å². The summed E-state index contributed by atoms with van der Waals surface area (Å²) in [6.45, 7) is 5.23. The van der Waals surface area contributed by atoms with Crippen molar-refractivity contribution in [2.75, 3.05) is 23.7 Å². The fraction of sp³-hybridized carbons (Fsp3) is 0.714. The molecule has 0 fully saturated rings. The van der Waals surface area contributed by atoms with E-state index in [0.29, 0.717) is 13.1 Å². The van der Waals surface area contributed by atoms with Crippen LogP contribution in [0.2, 0.25) is 0 Å². The topological polar surface area (TPSA) is 49.8 Å². The Morgan fingerprint density at radius 2 is 1.52 bits per heavy atom. The number of nitrogens with one attached hydrogen (secondary N) is 2. The normalized spacial score (nSPS) is 11.5. The predicted octanol–water partition coefficient (Wildman–Crippen LogP) is 4.31. The van der Waals surface area contributed by atoms with E-state index in [1.807, 2.05) is 6.92 Å². The van der Waals surface area contributed by atoms with Crippen molar-refractivity contribution in [3.8, 4) is 0 Å². The van der Waals surface area contributed by atoms with Gasteiger partial charge in [-0.15, -0.1) is 0 Å². The second-order valence-electron chi connectivity index (χ2n) is 4.87. The lowest BCUT2D eigenvalue weighted by atomic mass is 10.2. The second kappa shape index (κ2) is 8.69. The maximum absolute atomic E-state index is 12.8. The van der Waals surface area contributed by atoms with Crippen LogP contribution in [-0.2, 0) is 6.18 Å². The summed E-state index contributed by atoms with van der Waals surface area (Å²) < 4.78 is 38.3. The molecule has 0 aliphatic carbocycles. The molecule has 1 heterocycles. The van der Waals surface area contributed by atoms with Crippen LogP contribution in [0.3, 0.4) is 0 Å². The van der Waals surface area contributed by atoms with Crippen LogP contribution in [0, 0.1) is 0 Å². The molecule has 0 aliphatic rings. The minimum Gasteiger partial charge on any atom is -0.370 e. The highest BCUT2D eigenvalue weighted by atomic mass is 19.4. The largest absolute Gasteiger partial charge is 0.451 e. The summed E-state index contributed by atoms with van der Waals surface area (Å²) in [7, 11) is 0. The van der Waals surface area contributed by atoms with Crippen molar-refractivity contribution in [2.24, 2.45) is 0 Å². The summed E-state index contributed by atoms with van der Waals surface area (Å²) in [6.07, 6.45) is 0.492. The molecule has 7 heteroatoms. The van der Waals surface area contributed by atoms with E-state index in [4.69, 9.17) is 0 Å². The van der Waals surface area contributed by atoms with Crippen LogP contribution >= 0.6 is 0 Å². The lowest BCUT2D eigenvalue weighted by Gasteiger charge is -2.12. The van der Waals surface area contributed by atoms with Gasteiger partial charge < -0.3 is 10.6 Å². The number of halogens is 3. The van der Waals surface area contributed by atoms with Crippen LogP contribution in [0.4, 0.5) is 24.8 Å². The van der Waals surface area contributed by atoms with E-state index < -0.39 is 12.0 Å². The summed E-state index contributed by atoms with van der Waals surface area (Å²) in [5, 5.41) is 5.81. The van der Waals surface area contributed by atoms with Gasteiger partial charge in [0.25, 0.3) is 0 Å². The minimum atomic E-state index is -4.54. The number of anilines is 2. The maximum Gasteiger partial charge on any atom is 0.451 e. The Labute approximate surface area is 123 Å². The lowest BCUT2D eigenvalue weighted by Crippen LogP contribution is -2.16. The fourth-order valence-electron chi connectivity index (χ4n) is 1.78. The summed E-state index contributed by atoms with van der Waals surface area (Å²) in [5.41, 5.74) is 0. The first-order chi connectivity index (χ1) is 9.97. The van der Waals surface area contributed by atoms with Gasteiger partial charge >= 0.3 is 6.18 Å².